The van der Waals surface area contributed by atoms with Crippen LogP contribution in [-0.2, 0) is 11.2 Å². The monoisotopic (exact) mass is 347 g/mol. The number of likely N-dealkylation sites (N-methyl/N-ethyl adjacent to an activating group) is 1. The minimum atomic E-state index is 0. The average molecular weight is 348 g/mol. The van der Waals surface area contributed by atoms with E-state index in [1.807, 2.05) is 24.3 Å². The van der Waals surface area contributed by atoms with Crippen molar-refractivity contribution in [3.63, 3.8) is 0 Å². The summed E-state index contributed by atoms with van der Waals surface area (Å²) in [5.41, 5.74) is 7.38. The van der Waals surface area contributed by atoms with Gasteiger partial charge in [-0.3, -0.25) is 9.69 Å². The van der Waals surface area contributed by atoms with Gasteiger partial charge in [0.05, 0.1) is 6.42 Å². The number of hydrogen-bond donors (Lipinski definition) is 2. The Hall–Kier alpha value is -0.970. The van der Waals surface area contributed by atoms with Crippen LogP contribution in [0.2, 0.25) is 0 Å². The second-order valence-electron chi connectivity index (χ2n) is 5.50. The van der Waals surface area contributed by atoms with Gasteiger partial charge >= 0.3 is 0 Å². The number of nitrogens with two attached hydrogens (primary N) is 1. The first-order valence-electron chi connectivity index (χ1n) is 7.54. The average Bonchev–Trinajstić information content (AvgIpc) is 2.48. The topological polar surface area (TPSA) is 58.4 Å². The van der Waals surface area contributed by atoms with Gasteiger partial charge in [0.2, 0.25) is 5.91 Å². The number of hydrogen-bond acceptors (Lipinski definition) is 3. The van der Waals surface area contributed by atoms with Gasteiger partial charge in [-0.25, -0.2) is 0 Å². The van der Waals surface area contributed by atoms with Gasteiger partial charge in [-0.1, -0.05) is 25.5 Å². The molecule has 0 saturated carbocycles. The third-order valence-corrected chi connectivity index (χ3v) is 4.03. The standard InChI is InChI=1S/C16H25N3O.2ClH/c1-2-19-10-4-3-5-15(19)12-18-16(20)11-13-6-8-14(17)9-7-13;;/h6-9,15H,2-5,10-12,17H2,1H3,(H,18,20);2*1H. The first-order valence-corrected chi connectivity index (χ1v) is 7.54. The van der Waals surface area contributed by atoms with Crippen LogP contribution < -0.4 is 11.1 Å². The highest BCUT2D eigenvalue weighted by atomic mass is 35.5. The molecular formula is C16H27Cl2N3O. The minimum Gasteiger partial charge on any atom is -0.399 e. The summed E-state index contributed by atoms with van der Waals surface area (Å²) in [5.74, 6) is 0.0939. The predicted molar refractivity (Wildman–Crippen MR) is 97.0 cm³/mol. The largest absolute Gasteiger partial charge is 0.399 e. The molecule has 1 amide bonds. The van der Waals surface area contributed by atoms with Crippen molar-refractivity contribution in [3.8, 4) is 0 Å². The fourth-order valence-corrected chi connectivity index (χ4v) is 2.82. The molecule has 1 aliphatic heterocycles. The highest BCUT2D eigenvalue weighted by Gasteiger charge is 2.21. The zero-order chi connectivity index (χ0) is 14.4. The second kappa shape index (κ2) is 10.7. The molecule has 1 aromatic rings. The Morgan fingerprint density at radius 2 is 1.95 bits per heavy atom. The number of likely N-dealkylation sites (tertiary alicyclic amines) is 1. The molecule has 0 spiro atoms. The minimum absolute atomic E-state index is 0. The van der Waals surface area contributed by atoms with Crippen molar-refractivity contribution in [2.45, 2.75) is 38.6 Å². The Balaban J connectivity index is 0.00000220. The Kier molecular flexibility index (Phi) is 10.2. The quantitative estimate of drug-likeness (QED) is 0.805. The van der Waals surface area contributed by atoms with Gasteiger partial charge in [-0.05, 0) is 43.6 Å². The first kappa shape index (κ1) is 21.0. The molecule has 1 aliphatic rings. The molecule has 1 aromatic carbocycles. The lowest BCUT2D eigenvalue weighted by atomic mass is 10.0. The Morgan fingerprint density at radius 1 is 1.27 bits per heavy atom. The van der Waals surface area contributed by atoms with Crippen molar-refractivity contribution >= 4 is 36.4 Å². The fourth-order valence-electron chi connectivity index (χ4n) is 2.82. The molecule has 1 saturated heterocycles. The number of anilines is 1. The van der Waals surface area contributed by atoms with E-state index in [4.69, 9.17) is 5.73 Å². The molecule has 2 rings (SSSR count). The van der Waals surface area contributed by atoms with Crippen LogP contribution in [-0.4, -0.2) is 36.5 Å². The zero-order valence-electron chi connectivity index (χ0n) is 13.1. The van der Waals surface area contributed by atoms with Gasteiger partial charge in [-0.15, -0.1) is 24.8 Å². The van der Waals surface area contributed by atoms with Gasteiger partial charge < -0.3 is 11.1 Å². The van der Waals surface area contributed by atoms with E-state index in [0.29, 0.717) is 12.5 Å². The maximum atomic E-state index is 12.0. The number of amides is 1. The van der Waals surface area contributed by atoms with Crippen LogP contribution in [0.25, 0.3) is 0 Å². The molecule has 22 heavy (non-hydrogen) atoms. The van der Waals surface area contributed by atoms with Crippen molar-refractivity contribution in [3.05, 3.63) is 29.8 Å². The number of carbonyl (C=O) groups excluding carboxylic acids is 1. The number of nitrogen functional groups attached to an aromatic ring is 1. The second-order valence-corrected chi connectivity index (χ2v) is 5.50. The lowest BCUT2D eigenvalue weighted by Gasteiger charge is -2.34. The van der Waals surface area contributed by atoms with Gasteiger partial charge in [0, 0.05) is 18.3 Å². The molecule has 6 heteroatoms. The van der Waals surface area contributed by atoms with Crippen LogP contribution in [0.4, 0.5) is 5.69 Å². The third kappa shape index (κ3) is 6.42. The van der Waals surface area contributed by atoms with Crippen molar-refractivity contribution in [1.29, 1.82) is 0 Å². The smallest absolute Gasteiger partial charge is 0.224 e. The molecule has 3 N–H and O–H groups in total. The molecule has 1 fully saturated rings. The summed E-state index contributed by atoms with van der Waals surface area (Å²) in [6.07, 6.45) is 4.17. The SMILES string of the molecule is CCN1CCCCC1CNC(=O)Cc1ccc(N)cc1.Cl.Cl. The zero-order valence-corrected chi connectivity index (χ0v) is 14.7. The van der Waals surface area contributed by atoms with E-state index < -0.39 is 0 Å². The summed E-state index contributed by atoms with van der Waals surface area (Å²) < 4.78 is 0. The van der Waals surface area contributed by atoms with E-state index in [1.165, 1.54) is 19.3 Å². The summed E-state index contributed by atoms with van der Waals surface area (Å²) in [7, 11) is 0. The van der Waals surface area contributed by atoms with Crippen LogP contribution in [0, 0.1) is 0 Å². The highest BCUT2D eigenvalue weighted by Crippen LogP contribution is 2.15. The van der Waals surface area contributed by atoms with E-state index in [9.17, 15) is 4.79 Å². The fraction of sp³-hybridized carbons (Fsp3) is 0.562. The number of nitrogens with zero attached hydrogens (tertiary/aromatic N) is 1. The summed E-state index contributed by atoms with van der Waals surface area (Å²) in [5, 5.41) is 3.07. The number of carbonyl (C=O) groups is 1. The van der Waals surface area contributed by atoms with Crippen LogP contribution in [0.3, 0.4) is 0 Å². The van der Waals surface area contributed by atoms with Gasteiger partial charge in [-0.2, -0.15) is 0 Å². The normalized spacial score (nSPS) is 18.0. The van der Waals surface area contributed by atoms with E-state index in [0.717, 1.165) is 30.9 Å². The Morgan fingerprint density at radius 3 is 2.59 bits per heavy atom. The molecule has 1 atom stereocenters. The molecule has 0 bridgehead atoms. The van der Waals surface area contributed by atoms with E-state index >= 15 is 0 Å². The van der Waals surface area contributed by atoms with Gasteiger partial charge in [0.1, 0.15) is 0 Å². The van der Waals surface area contributed by atoms with Crippen LogP contribution in [0.1, 0.15) is 31.7 Å². The van der Waals surface area contributed by atoms with E-state index in [1.54, 1.807) is 0 Å². The van der Waals surface area contributed by atoms with Crippen molar-refractivity contribution < 1.29 is 4.79 Å². The molecule has 0 aromatic heterocycles. The number of benzene rings is 1. The summed E-state index contributed by atoms with van der Waals surface area (Å²) >= 11 is 0. The van der Waals surface area contributed by atoms with Crippen molar-refractivity contribution in [1.82, 2.24) is 10.2 Å². The van der Waals surface area contributed by atoms with Crippen LogP contribution in [0.15, 0.2) is 24.3 Å². The lowest BCUT2D eigenvalue weighted by Crippen LogP contribution is -2.46. The van der Waals surface area contributed by atoms with Crippen molar-refractivity contribution in [2.75, 3.05) is 25.4 Å². The molecular weight excluding hydrogens is 321 g/mol. The molecule has 4 nitrogen and oxygen atoms in total. The number of nitrogens with one attached hydrogen (secondary N) is 1. The van der Waals surface area contributed by atoms with Crippen LogP contribution in [0.5, 0.6) is 0 Å². The van der Waals surface area contributed by atoms with Crippen LogP contribution >= 0.6 is 24.8 Å². The predicted octanol–water partition coefficient (Wildman–Crippen LogP) is 2.65. The maximum Gasteiger partial charge on any atom is 0.224 e. The number of piperidine rings is 1. The summed E-state index contributed by atoms with van der Waals surface area (Å²) in [4.78, 5) is 14.4. The highest BCUT2D eigenvalue weighted by molar-refractivity contribution is 5.85. The summed E-state index contributed by atoms with van der Waals surface area (Å²) in [6, 6.07) is 8.00. The van der Waals surface area contributed by atoms with E-state index in [2.05, 4.69) is 17.1 Å². The van der Waals surface area contributed by atoms with Gasteiger partial charge in [0.15, 0.2) is 0 Å². The molecule has 0 radical (unpaired) electrons. The Bertz CT molecular complexity index is 440. The number of rotatable bonds is 5. The molecule has 1 unspecified atom stereocenters. The molecule has 1 heterocycles. The first-order chi connectivity index (χ1) is 9.69. The lowest BCUT2D eigenvalue weighted by molar-refractivity contribution is -0.120. The Labute approximate surface area is 145 Å². The summed E-state index contributed by atoms with van der Waals surface area (Å²) in [6.45, 7) is 5.18. The number of halogens is 2. The van der Waals surface area contributed by atoms with Gasteiger partial charge in [0.25, 0.3) is 0 Å². The molecule has 0 aliphatic carbocycles. The maximum absolute atomic E-state index is 12.0. The molecule has 126 valence electrons. The third-order valence-electron chi connectivity index (χ3n) is 4.03. The van der Waals surface area contributed by atoms with E-state index in [-0.39, 0.29) is 30.7 Å². The van der Waals surface area contributed by atoms with Crippen molar-refractivity contribution in [2.24, 2.45) is 0 Å².